The highest BCUT2D eigenvalue weighted by Gasteiger charge is 2.51. The number of Topliss-reactive ketones (excluding diaryl/α,β-unsaturated/α-hetero) is 1. The molecule has 0 atom stereocenters. The Kier molecular flexibility index (Phi) is 4.22. The molecule has 1 aromatic heterocycles. The van der Waals surface area contributed by atoms with Crippen LogP contribution in [-0.4, -0.2) is 5.78 Å². The Hall–Kier alpha value is -0.700. The van der Waals surface area contributed by atoms with Crippen LogP contribution in [0.1, 0.15) is 37.8 Å². The second-order valence-electron chi connectivity index (χ2n) is 7.39. The molecule has 114 valence electrons. The largest absolute Gasteiger partial charge is 1.00 e. The van der Waals surface area contributed by atoms with Crippen LogP contribution in [0.25, 0.3) is 0 Å². The Labute approximate surface area is 137 Å². The molecule has 0 unspecified atom stereocenters. The Morgan fingerprint density at radius 2 is 1.71 bits per heavy atom. The molecule has 1 heterocycles. The second kappa shape index (κ2) is 5.83. The Morgan fingerprint density at radius 1 is 1.10 bits per heavy atom. The average Bonchev–Trinajstić information content (AvgIpc) is 2.40. The van der Waals surface area contributed by atoms with Crippen molar-refractivity contribution >= 4 is 5.78 Å². The Bertz CT molecular complexity index is 514. The maximum atomic E-state index is 12.8. The molecule has 3 heteroatoms. The molecule has 4 saturated carbocycles. The topological polar surface area (TPSA) is 20.9 Å². The van der Waals surface area contributed by atoms with Crippen molar-refractivity contribution in [2.75, 3.05) is 0 Å². The highest BCUT2D eigenvalue weighted by Crippen LogP contribution is 2.56. The van der Waals surface area contributed by atoms with Crippen molar-refractivity contribution in [3.8, 4) is 0 Å². The van der Waals surface area contributed by atoms with E-state index in [0.29, 0.717) is 30.1 Å². The van der Waals surface area contributed by atoms with Gasteiger partial charge in [-0.05, 0) is 55.8 Å². The van der Waals surface area contributed by atoms with Crippen LogP contribution in [0.15, 0.2) is 24.4 Å². The molecule has 1 aromatic rings. The van der Waals surface area contributed by atoms with E-state index in [1.807, 2.05) is 18.3 Å². The van der Waals surface area contributed by atoms with Gasteiger partial charge in [-0.2, -0.15) is 4.57 Å². The predicted molar refractivity (Wildman–Crippen MR) is 76.9 cm³/mol. The molecular weight excluding hydrogens is 326 g/mol. The zero-order valence-corrected chi connectivity index (χ0v) is 14.3. The van der Waals surface area contributed by atoms with Crippen LogP contribution < -0.4 is 21.5 Å². The van der Waals surface area contributed by atoms with Crippen LogP contribution in [-0.2, 0) is 11.3 Å². The fraction of sp³-hybridized carbons (Fsp3) is 0.667. The minimum Gasteiger partial charge on any atom is -1.00 e. The van der Waals surface area contributed by atoms with Crippen LogP contribution >= 0.6 is 0 Å². The number of nitrogens with zero attached hydrogens (tertiary/aromatic N) is 1. The minimum absolute atomic E-state index is 0. The van der Waals surface area contributed by atoms with Gasteiger partial charge in [0.15, 0.2) is 11.9 Å². The van der Waals surface area contributed by atoms with E-state index in [4.69, 9.17) is 0 Å². The Balaban J connectivity index is 0.00000132. The lowest BCUT2D eigenvalue weighted by Gasteiger charge is -2.53. The molecule has 0 radical (unpaired) electrons. The van der Waals surface area contributed by atoms with Gasteiger partial charge in [-0.15, -0.1) is 0 Å². The summed E-state index contributed by atoms with van der Waals surface area (Å²) in [4.78, 5) is 12.8. The summed E-state index contributed by atoms with van der Waals surface area (Å²) in [6.07, 6.45) is 8.84. The van der Waals surface area contributed by atoms with Gasteiger partial charge in [-0.1, -0.05) is 6.07 Å². The van der Waals surface area contributed by atoms with Crippen molar-refractivity contribution in [3.63, 3.8) is 0 Å². The third-order valence-corrected chi connectivity index (χ3v) is 6.09. The molecule has 4 aliphatic carbocycles. The lowest BCUT2D eigenvalue weighted by molar-refractivity contribution is -0.690. The van der Waals surface area contributed by atoms with E-state index >= 15 is 0 Å². The normalized spacial score (nSPS) is 36.3. The molecule has 0 saturated heterocycles. The maximum Gasteiger partial charge on any atom is 0.207 e. The first-order valence-electron chi connectivity index (χ1n) is 8.18. The van der Waals surface area contributed by atoms with E-state index in [1.165, 1.54) is 37.8 Å². The fourth-order valence-electron chi connectivity index (χ4n) is 5.46. The first-order valence-corrected chi connectivity index (χ1v) is 8.18. The van der Waals surface area contributed by atoms with Gasteiger partial charge < -0.3 is 17.0 Å². The number of halogens is 1. The van der Waals surface area contributed by atoms with E-state index in [0.717, 1.165) is 11.8 Å². The summed E-state index contributed by atoms with van der Waals surface area (Å²) in [7, 11) is 0. The Morgan fingerprint density at radius 3 is 2.29 bits per heavy atom. The van der Waals surface area contributed by atoms with Crippen molar-refractivity contribution in [1.29, 1.82) is 0 Å². The minimum atomic E-state index is 0. The number of rotatable bonds is 3. The second-order valence-corrected chi connectivity index (χ2v) is 7.39. The summed E-state index contributed by atoms with van der Waals surface area (Å²) >= 11 is 0. The maximum absolute atomic E-state index is 12.8. The fourth-order valence-corrected chi connectivity index (χ4v) is 5.46. The lowest BCUT2D eigenvalue weighted by Crippen LogP contribution is -3.00. The number of aryl methyl sites for hydroxylation is 1. The zero-order chi connectivity index (χ0) is 13.7. The quantitative estimate of drug-likeness (QED) is 0.699. The highest BCUT2D eigenvalue weighted by molar-refractivity contribution is 5.80. The van der Waals surface area contributed by atoms with Crippen LogP contribution in [0, 0.1) is 36.5 Å². The van der Waals surface area contributed by atoms with E-state index in [-0.39, 0.29) is 17.0 Å². The molecule has 0 amide bonds. The van der Waals surface area contributed by atoms with E-state index in [2.05, 4.69) is 17.6 Å². The molecule has 0 N–H and O–H groups in total. The SMILES string of the molecule is Cc1cccc[n+]1CC(=O)C1C2CC3CC(C2)CC1C3.[Br-]. The van der Waals surface area contributed by atoms with Crippen molar-refractivity contribution in [2.45, 2.75) is 45.6 Å². The summed E-state index contributed by atoms with van der Waals surface area (Å²) in [6, 6.07) is 6.15. The molecule has 5 rings (SSSR count). The third-order valence-electron chi connectivity index (χ3n) is 6.09. The van der Waals surface area contributed by atoms with Gasteiger partial charge in [0, 0.05) is 25.0 Å². The molecule has 2 nitrogen and oxygen atoms in total. The van der Waals surface area contributed by atoms with E-state index in [1.54, 1.807) is 0 Å². The smallest absolute Gasteiger partial charge is 0.207 e. The summed E-state index contributed by atoms with van der Waals surface area (Å²) in [5.74, 6) is 4.19. The average molecular weight is 350 g/mol. The van der Waals surface area contributed by atoms with Crippen molar-refractivity contribution < 1.29 is 26.3 Å². The summed E-state index contributed by atoms with van der Waals surface area (Å²) < 4.78 is 2.12. The van der Waals surface area contributed by atoms with Gasteiger partial charge in [0.1, 0.15) is 0 Å². The molecule has 21 heavy (non-hydrogen) atoms. The number of hydrogen-bond donors (Lipinski definition) is 0. The molecule has 4 aliphatic rings. The first kappa shape index (κ1) is 15.2. The van der Waals surface area contributed by atoms with Gasteiger partial charge in [0.25, 0.3) is 0 Å². The third kappa shape index (κ3) is 2.69. The predicted octanol–water partition coefficient (Wildman–Crippen LogP) is -0.0721. The molecule has 4 fully saturated rings. The van der Waals surface area contributed by atoms with Crippen LogP contribution in [0.5, 0.6) is 0 Å². The molecule has 0 spiro atoms. The van der Waals surface area contributed by atoms with Gasteiger partial charge in [-0.25, -0.2) is 0 Å². The number of aromatic nitrogens is 1. The standard InChI is InChI=1S/C18H24NO.BrH/c1-12-4-2-3-5-19(12)11-17(20)18-15-7-13-6-14(9-15)10-16(18)8-13;/h2-5,13-16,18H,6-11H2,1H3;1H/q+1;/p-1. The number of carbonyl (C=O) groups excluding carboxylic acids is 1. The van der Waals surface area contributed by atoms with Crippen molar-refractivity contribution in [2.24, 2.45) is 29.6 Å². The van der Waals surface area contributed by atoms with Gasteiger partial charge >= 0.3 is 0 Å². The van der Waals surface area contributed by atoms with Crippen LogP contribution in [0.3, 0.4) is 0 Å². The zero-order valence-electron chi connectivity index (χ0n) is 12.7. The molecular formula is C18H24BrNO. The molecule has 0 aromatic carbocycles. The molecule has 0 aliphatic heterocycles. The first-order chi connectivity index (χ1) is 9.70. The number of pyridine rings is 1. The number of hydrogen-bond acceptors (Lipinski definition) is 1. The van der Waals surface area contributed by atoms with Crippen LogP contribution in [0.4, 0.5) is 0 Å². The number of carbonyl (C=O) groups is 1. The van der Waals surface area contributed by atoms with E-state index in [9.17, 15) is 4.79 Å². The highest BCUT2D eigenvalue weighted by atomic mass is 79.9. The lowest BCUT2D eigenvalue weighted by atomic mass is 9.51. The molecule has 4 bridgehead atoms. The van der Waals surface area contributed by atoms with Gasteiger partial charge in [0.2, 0.25) is 12.3 Å². The summed E-state index contributed by atoms with van der Waals surface area (Å²) in [5, 5.41) is 0. The van der Waals surface area contributed by atoms with Gasteiger partial charge in [-0.3, -0.25) is 4.79 Å². The van der Waals surface area contributed by atoms with E-state index < -0.39 is 0 Å². The van der Waals surface area contributed by atoms with Gasteiger partial charge in [0.05, 0.1) is 0 Å². The monoisotopic (exact) mass is 349 g/mol. The van der Waals surface area contributed by atoms with Crippen LogP contribution in [0.2, 0.25) is 0 Å². The van der Waals surface area contributed by atoms with Crippen molar-refractivity contribution in [1.82, 2.24) is 0 Å². The summed E-state index contributed by atoms with van der Waals surface area (Å²) in [5.41, 5.74) is 1.18. The number of ketones is 1. The summed E-state index contributed by atoms with van der Waals surface area (Å²) in [6.45, 7) is 2.67. The van der Waals surface area contributed by atoms with Crippen molar-refractivity contribution in [3.05, 3.63) is 30.1 Å².